The molecular formula is C13H13BrN6O3. The number of aryl methyl sites for hydroxylation is 1. The van der Waals surface area contributed by atoms with Gasteiger partial charge in [0, 0.05) is 24.0 Å². The van der Waals surface area contributed by atoms with Gasteiger partial charge in [-0.3, -0.25) is 0 Å². The molecule has 2 N–H and O–H groups in total. The van der Waals surface area contributed by atoms with Gasteiger partial charge in [0.25, 0.3) is 0 Å². The fraction of sp³-hybridized carbons (Fsp3) is 0.308. The third-order valence-electron chi connectivity index (χ3n) is 3.44. The smallest absolute Gasteiger partial charge is 0.332 e. The van der Waals surface area contributed by atoms with Crippen LogP contribution in [0.25, 0.3) is 17.2 Å². The quantitative estimate of drug-likeness (QED) is 0.661. The molecule has 0 saturated heterocycles. The summed E-state index contributed by atoms with van der Waals surface area (Å²) in [7, 11) is 1.39. The maximum absolute atomic E-state index is 11.0. The van der Waals surface area contributed by atoms with E-state index in [1.807, 2.05) is 16.7 Å². The molecule has 10 heteroatoms. The number of imidazole rings is 1. The fourth-order valence-corrected chi connectivity index (χ4v) is 2.75. The van der Waals surface area contributed by atoms with Crippen molar-refractivity contribution in [2.24, 2.45) is 0 Å². The van der Waals surface area contributed by atoms with Gasteiger partial charge in [0.15, 0.2) is 11.9 Å². The third-order valence-corrected chi connectivity index (χ3v) is 4.18. The van der Waals surface area contributed by atoms with Gasteiger partial charge in [-0.25, -0.2) is 14.9 Å². The van der Waals surface area contributed by atoms with Crippen LogP contribution in [0.15, 0.2) is 22.9 Å². The van der Waals surface area contributed by atoms with Crippen LogP contribution >= 0.6 is 15.9 Å². The maximum Gasteiger partial charge on any atom is 0.332 e. The van der Waals surface area contributed by atoms with Crippen LogP contribution in [0.5, 0.6) is 0 Å². The number of nitrogens with one attached hydrogen (secondary N) is 1. The number of pyridine rings is 1. The summed E-state index contributed by atoms with van der Waals surface area (Å²) in [5, 5.41) is 22.6. The van der Waals surface area contributed by atoms with E-state index >= 15 is 0 Å². The standard InChI is InChI=1S/C13H13BrN6O3/c1-23-10(13(21)22)3-2-7-5-20-6-9(12-16-18-19-17-12)15-11(20)4-8(7)14/h4-6,10H,2-3H2,1H3,(H,21,22)(H,16,17,18,19). The highest BCUT2D eigenvalue weighted by atomic mass is 79.9. The first kappa shape index (κ1) is 15.6. The summed E-state index contributed by atoms with van der Waals surface area (Å²) in [5.74, 6) is -0.482. The second-order valence-electron chi connectivity index (χ2n) is 4.89. The van der Waals surface area contributed by atoms with Crippen LogP contribution in [0.3, 0.4) is 0 Å². The zero-order chi connectivity index (χ0) is 16.4. The van der Waals surface area contributed by atoms with Crippen molar-refractivity contribution in [2.45, 2.75) is 18.9 Å². The normalized spacial score (nSPS) is 12.6. The van der Waals surface area contributed by atoms with E-state index in [4.69, 9.17) is 9.84 Å². The first-order valence-corrected chi connectivity index (χ1v) is 7.54. The summed E-state index contributed by atoms with van der Waals surface area (Å²) in [6.45, 7) is 0. The molecule has 0 aliphatic rings. The Kier molecular flexibility index (Phi) is 4.35. The summed E-state index contributed by atoms with van der Waals surface area (Å²) in [4.78, 5) is 15.4. The minimum Gasteiger partial charge on any atom is -0.479 e. The SMILES string of the molecule is COC(CCc1cn2cc(-c3nnn[nH]3)nc2cc1Br)C(=O)O. The monoisotopic (exact) mass is 380 g/mol. The van der Waals surface area contributed by atoms with E-state index in [-0.39, 0.29) is 0 Å². The van der Waals surface area contributed by atoms with E-state index in [1.165, 1.54) is 7.11 Å². The lowest BCUT2D eigenvalue weighted by molar-refractivity contribution is -0.148. The molecule has 0 saturated carbocycles. The van der Waals surface area contributed by atoms with Crippen LogP contribution in [0.2, 0.25) is 0 Å². The molecule has 9 nitrogen and oxygen atoms in total. The second kappa shape index (κ2) is 6.42. The lowest BCUT2D eigenvalue weighted by Gasteiger charge is -2.11. The number of tetrazole rings is 1. The Morgan fingerprint density at radius 2 is 2.35 bits per heavy atom. The van der Waals surface area contributed by atoms with Crippen molar-refractivity contribution in [3.05, 3.63) is 28.5 Å². The van der Waals surface area contributed by atoms with Gasteiger partial charge in [0.05, 0.1) is 0 Å². The zero-order valence-corrected chi connectivity index (χ0v) is 13.7. The number of hydrogen-bond acceptors (Lipinski definition) is 6. The fourth-order valence-electron chi connectivity index (χ4n) is 2.25. The average Bonchev–Trinajstić information content (AvgIpc) is 3.15. The number of methoxy groups -OCH3 is 1. The van der Waals surface area contributed by atoms with Crippen LogP contribution in [0.1, 0.15) is 12.0 Å². The number of halogens is 1. The molecule has 3 rings (SSSR count). The van der Waals surface area contributed by atoms with Gasteiger partial charge < -0.3 is 14.2 Å². The highest BCUT2D eigenvalue weighted by Crippen LogP contribution is 2.23. The highest BCUT2D eigenvalue weighted by molar-refractivity contribution is 9.10. The number of aromatic nitrogens is 6. The Balaban J connectivity index is 1.87. The number of carbonyl (C=O) groups is 1. The molecule has 0 aliphatic heterocycles. The molecule has 0 aliphatic carbocycles. The van der Waals surface area contributed by atoms with E-state index in [9.17, 15) is 4.79 Å². The number of carboxylic acids is 1. The van der Waals surface area contributed by atoms with E-state index in [0.29, 0.717) is 24.4 Å². The Hall–Kier alpha value is -2.33. The first-order valence-electron chi connectivity index (χ1n) is 6.75. The molecule has 0 fully saturated rings. The Bertz CT molecular complexity index is 832. The second-order valence-corrected chi connectivity index (χ2v) is 5.74. The Morgan fingerprint density at radius 1 is 1.52 bits per heavy atom. The molecule has 1 unspecified atom stereocenters. The highest BCUT2D eigenvalue weighted by Gasteiger charge is 2.17. The zero-order valence-electron chi connectivity index (χ0n) is 12.1. The van der Waals surface area contributed by atoms with Gasteiger partial charge in [-0.2, -0.15) is 0 Å². The summed E-state index contributed by atoms with van der Waals surface area (Å²) < 4.78 is 7.66. The number of H-pyrrole nitrogens is 1. The number of ether oxygens (including phenoxy) is 1. The van der Waals surface area contributed by atoms with Crippen molar-refractivity contribution in [1.29, 1.82) is 0 Å². The molecule has 3 aromatic heterocycles. The van der Waals surface area contributed by atoms with Crippen molar-refractivity contribution in [3.8, 4) is 11.5 Å². The van der Waals surface area contributed by atoms with Crippen molar-refractivity contribution in [2.75, 3.05) is 7.11 Å². The minimum absolute atomic E-state index is 0.378. The number of rotatable bonds is 6. The van der Waals surface area contributed by atoms with Gasteiger partial charge >= 0.3 is 5.97 Å². The van der Waals surface area contributed by atoms with Crippen molar-refractivity contribution < 1.29 is 14.6 Å². The molecule has 0 radical (unpaired) electrons. The number of aromatic amines is 1. The van der Waals surface area contributed by atoms with Crippen molar-refractivity contribution in [3.63, 3.8) is 0 Å². The third kappa shape index (κ3) is 3.22. The van der Waals surface area contributed by atoms with E-state index in [0.717, 1.165) is 15.7 Å². The number of fused-ring (bicyclic) bond motifs is 1. The van der Waals surface area contributed by atoms with E-state index in [1.54, 1.807) is 6.20 Å². The number of aliphatic carboxylic acids is 1. The average molecular weight is 381 g/mol. The van der Waals surface area contributed by atoms with Gasteiger partial charge in [0.1, 0.15) is 11.3 Å². The lowest BCUT2D eigenvalue weighted by atomic mass is 10.1. The summed E-state index contributed by atoms with van der Waals surface area (Å²) in [6.07, 6.45) is 3.81. The maximum atomic E-state index is 11.0. The van der Waals surface area contributed by atoms with Crippen LogP contribution in [0, 0.1) is 0 Å². The van der Waals surface area contributed by atoms with Crippen molar-refractivity contribution in [1.82, 2.24) is 30.0 Å². The largest absolute Gasteiger partial charge is 0.479 e. The molecule has 0 spiro atoms. The van der Waals surface area contributed by atoms with E-state index < -0.39 is 12.1 Å². The minimum atomic E-state index is -0.965. The molecule has 23 heavy (non-hydrogen) atoms. The predicted octanol–water partition coefficient (Wildman–Crippen LogP) is 1.31. The van der Waals surface area contributed by atoms with Gasteiger partial charge in [-0.05, 0) is 34.9 Å². The molecule has 0 amide bonds. The number of carboxylic acid groups (broad SMARTS) is 1. The van der Waals surface area contributed by atoms with Crippen molar-refractivity contribution >= 4 is 27.5 Å². The first-order chi connectivity index (χ1) is 11.1. The molecule has 3 heterocycles. The summed E-state index contributed by atoms with van der Waals surface area (Å²) in [6, 6.07) is 1.87. The molecule has 1 atom stereocenters. The van der Waals surface area contributed by atoms with Gasteiger partial charge in [0.2, 0.25) is 0 Å². The summed E-state index contributed by atoms with van der Waals surface area (Å²) >= 11 is 3.49. The molecule has 0 aromatic carbocycles. The Morgan fingerprint density at radius 3 is 3.00 bits per heavy atom. The molecular weight excluding hydrogens is 368 g/mol. The van der Waals surface area contributed by atoms with Gasteiger partial charge in [-0.1, -0.05) is 15.9 Å². The topological polar surface area (TPSA) is 118 Å². The van der Waals surface area contributed by atoms with Gasteiger partial charge in [-0.15, -0.1) is 5.10 Å². The van der Waals surface area contributed by atoms with Crippen LogP contribution in [0.4, 0.5) is 0 Å². The van der Waals surface area contributed by atoms with Crippen LogP contribution < -0.4 is 0 Å². The predicted molar refractivity (Wildman–Crippen MR) is 82.8 cm³/mol. The summed E-state index contributed by atoms with van der Waals surface area (Å²) in [5.41, 5.74) is 2.31. The lowest BCUT2D eigenvalue weighted by Crippen LogP contribution is -2.23. The molecule has 3 aromatic rings. The number of nitrogens with zero attached hydrogens (tertiary/aromatic N) is 5. The van der Waals surface area contributed by atoms with Crippen LogP contribution in [-0.4, -0.2) is 54.3 Å². The van der Waals surface area contributed by atoms with Crippen LogP contribution in [-0.2, 0) is 16.0 Å². The molecule has 120 valence electrons. The molecule has 0 bridgehead atoms. The number of hydrogen-bond donors (Lipinski definition) is 2. The Labute approximate surface area is 138 Å². The van der Waals surface area contributed by atoms with E-state index in [2.05, 4.69) is 41.5 Å².